The van der Waals surface area contributed by atoms with Gasteiger partial charge < -0.3 is 25.1 Å². The van der Waals surface area contributed by atoms with Gasteiger partial charge in [-0.15, -0.1) is 0 Å². The third-order valence-corrected chi connectivity index (χ3v) is 5.67. The molecule has 182 valence electrons. The molecule has 1 aromatic carbocycles. The van der Waals surface area contributed by atoms with Crippen LogP contribution in [-0.2, 0) is 35.5 Å². The van der Waals surface area contributed by atoms with Crippen molar-refractivity contribution in [2.24, 2.45) is 0 Å². The molecule has 0 saturated heterocycles. The Morgan fingerprint density at radius 2 is 2.06 bits per heavy atom. The first-order chi connectivity index (χ1) is 16.7. The van der Waals surface area contributed by atoms with Crippen molar-refractivity contribution in [1.82, 2.24) is 24.3 Å². The van der Waals surface area contributed by atoms with Crippen molar-refractivity contribution in [1.29, 1.82) is 0 Å². The van der Waals surface area contributed by atoms with Crippen LogP contribution >= 0.6 is 0 Å². The molecular formula is C22H20F3N7O3. The maximum absolute atomic E-state index is 13.2. The van der Waals surface area contributed by atoms with Crippen LogP contribution in [0, 0.1) is 6.92 Å². The molecule has 35 heavy (non-hydrogen) atoms. The number of carbonyl (C=O) groups is 1. The minimum absolute atomic E-state index is 0.158. The van der Waals surface area contributed by atoms with Gasteiger partial charge in [0.15, 0.2) is 5.82 Å². The largest absolute Gasteiger partial charge is 0.494 e. The number of ether oxygens (including phenoxy) is 2. The first kappa shape index (κ1) is 22.7. The van der Waals surface area contributed by atoms with E-state index in [4.69, 9.17) is 15.2 Å². The summed E-state index contributed by atoms with van der Waals surface area (Å²) >= 11 is 0. The molecule has 5 rings (SSSR count). The molecule has 0 atom stereocenters. The molecule has 13 heteroatoms. The summed E-state index contributed by atoms with van der Waals surface area (Å²) in [6, 6.07) is 5.89. The Kier molecular flexibility index (Phi) is 5.35. The second kappa shape index (κ2) is 8.27. The van der Waals surface area contributed by atoms with Gasteiger partial charge in [0, 0.05) is 17.3 Å². The third-order valence-electron chi connectivity index (χ3n) is 5.67. The number of methoxy groups -OCH3 is 1. The molecule has 4 aromatic rings. The topological polar surface area (TPSA) is 122 Å². The van der Waals surface area contributed by atoms with E-state index < -0.39 is 24.3 Å². The van der Waals surface area contributed by atoms with E-state index in [1.54, 1.807) is 18.2 Å². The van der Waals surface area contributed by atoms with Gasteiger partial charge in [-0.1, -0.05) is 0 Å². The summed E-state index contributed by atoms with van der Waals surface area (Å²) in [5.41, 5.74) is 9.38. The Balaban J connectivity index is 1.47. The van der Waals surface area contributed by atoms with Crippen molar-refractivity contribution in [2.75, 3.05) is 18.2 Å². The summed E-state index contributed by atoms with van der Waals surface area (Å²) < 4.78 is 53.2. The van der Waals surface area contributed by atoms with Gasteiger partial charge in [-0.2, -0.15) is 18.3 Å². The number of nitrogens with zero attached hydrogens (tertiary/aromatic N) is 5. The second-order valence-corrected chi connectivity index (χ2v) is 7.97. The summed E-state index contributed by atoms with van der Waals surface area (Å²) in [7, 11) is 1.42. The number of aryl methyl sites for hydroxylation is 1. The van der Waals surface area contributed by atoms with Crippen LogP contribution in [0.3, 0.4) is 0 Å². The zero-order chi connectivity index (χ0) is 24.9. The van der Waals surface area contributed by atoms with Gasteiger partial charge in [0.25, 0.3) is 0 Å². The zero-order valence-electron chi connectivity index (χ0n) is 18.7. The van der Waals surface area contributed by atoms with Gasteiger partial charge in [0.1, 0.15) is 35.3 Å². The normalized spacial score (nSPS) is 13.3. The number of aromatic nitrogens is 5. The number of fused-ring (bicyclic) bond motifs is 3. The molecule has 0 unspecified atom stereocenters. The predicted molar refractivity (Wildman–Crippen MR) is 119 cm³/mol. The molecule has 1 amide bonds. The van der Waals surface area contributed by atoms with Crippen molar-refractivity contribution < 1.29 is 27.4 Å². The van der Waals surface area contributed by atoms with Gasteiger partial charge in [-0.25, -0.2) is 9.97 Å². The fraction of sp³-hybridized carbons (Fsp3) is 0.273. The fourth-order valence-corrected chi connectivity index (χ4v) is 4.22. The number of hydrogen-bond acceptors (Lipinski definition) is 7. The molecule has 3 N–H and O–H groups in total. The van der Waals surface area contributed by atoms with Crippen LogP contribution in [-0.4, -0.2) is 37.3 Å². The summed E-state index contributed by atoms with van der Waals surface area (Å²) in [5, 5.41) is 6.38. The lowest BCUT2D eigenvalue weighted by Crippen LogP contribution is -2.24. The number of rotatable bonds is 5. The van der Waals surface area contributed by atoms with E-state index in [-0.39, 0.29) is 11.4 Å². The number of nitrogens with one attached hydrogen (secondary N) is 1. The monoisotopic (exact) mass is 487 g/mol. The highest BCUT2D eigenvalue weighted by Gasteiger charge is 2.36. The highest BCUT2D eigenvalue weighted by Crippen LogP contribution is 2.37. The third kappa shape index (κ3) is 3.93. The Morgan fingerprint density at radius 1 is 1.26 bits per heavy atom. The molecule has 4 heterocycles. The first-order valence-electron chi connectivity index (χ1n) is 10.5. The number of carbonyl (C=O) groups excluding carboxylic acids is 1. The lowest BCUT2D eigenvalue weighted by molar-refractivity contribution is -0.144. The maximum Gasteiger partial charge on any atom is 0.433 e. The maximum atomic E-state index is 13.2. The molecule has 0 bridgehead atoms. The van der Waals surface area contributed by atoms with Crippen molar-refractivity contribution >= 4 is 28.4 Å². The highest BCUT2D eigenvalue weighted by atomic mass is 19.4. The van der Waals surface area contributed by atoms with E-state index in [0.717, 1.165) is 17.3 Å². The smallest absolute Gasteiger partial charge is 0.433 e. The molecule has 0 radical (unpaired) electrons. The van der Waals surface area contributed by atoms with E-state index in [1.165, 1.54) is 20.4 Å². The molecule has 1 aliphatic rings. The van der Waals surface area contributed by atoms with Crippen molar-refractivity contribution in [3.8, 4) is 11.4 Å². The lowest BCUT2D eigenvalue weighted by Gasteiger charge is -2.15. The van der Waals surface area contributed by atoms with Crippen LogP contribution in [0.4, 0.5) is 24.7 Å². The van der Waals surface area contributed by atoms with Gasteiger partial charge in [0.05, 0.1) is 37.4 Å². The van der Waals surface area contributed by atoms with E-state index in [9.17, 15) is 18.0 Å². The summed E-state index contributed by atoms with van der Waals surface area (Å²) in [6.45, 7) is 1.56. The molecule has 0 saturated carbocycles. The van der Waals surface area contributed by atoms with Crippen LogP contribution in [0.15, 0.2) is 30.6 Å². The van der Waals surface area contributed by atoms with Crippen molar-refractivity contribution in [3.05, 3.63) is 53.2 Å². The van der Waals surface area contributed by atoms with E-state index >= 15 is 0 Å². The van der Waals surface area contributed by atoms with Crippen LogP contribution in [0.25, 0.3) is 16.7 Å². The molecule has 0 spiro atoms. The number of benzene rings is 1. The van der Waals surface area contributed by atoms with Crippen LogP contribution in [0.5, 0.6) is 5.75 Å². The van der Waals surface area contributed by atoms with Crippen LogP contribution < -0.4 is 15.8 Å². The number of alkyl halides is 3. The average molecular weight is 487 g/mol. The number of amides is 1. The number of halogens is 3. The minimum Gasteiger partial charge on any atom is -0.494 e. The lowest BCUT2D eigenvalue weighted by atomic mass is 10.2. The quantitative estimate of drug-likeness (QED) is 0.443. The summed E-state index contributed by atoms with van der Waals surface area (Å²) in [5.74, 6) is -0.0905. The zero-order valence-corrected chi connectivity index (χ0v) is 18.7. The molecule has 3 aromatic heterocycles. The van der Waals surface area contributed by atoms with E-state index in [0.29, 0.717) is 46.2 Å². The molecule has 1 aliphatic heterocycles. The SMILES string of the molecule is COc1cc(-n2c3c(c4ncnc(N)c42)COC3)ccc1NC(=O)Cn1nc(C)cc1C(F)(F)F. The summed E-state index contributed by atoms with van der Waals surface area (Å²) in [4.78, 5) is 21.0. The van der Waals surface area contributed by atoms with Crippen LogP contribution in [0.2, 0.25) is 0 Å². The Bertz CT molecular complexity index is 1460. The number of nitrogen functional groups attached to an aromatic ring is 1. The molecular weight excluding hydrogens is 467 g/mol. The van der Waals surface area contributed by atoms with Crippen LogP contribution in [0.1, 0.15) is 22.6 Å². The van der Waals surface area contributed by atoms with Crippen molar-refractivity contribution in [3.63, 3.8) is 0 Å². The van der Waals surface area contributed by atoms with Gasteiger partial charge in [-0.3, -0.25) is 9.48 Å². The predicted octanol–water partition coefficient (Wildman–Crippen LogP) is 3.20. The number of anilines is 2. The first-order valence-corrected chi connectivity index (χ1v) is 10.5. The number of hydrogen-bond donors (Lipinski definition) is 2. The Labute approximate surface area is 196 Å². The Morgan fingerprint density at radius 3 is 2.80 bits per heavy atom. The van der Waals surface area contributed by atoms with Crippen molar-refractivity contribution in [2.45, 2.75) is 32.9 Å². The molecule has 0 aliphatic carbocycles. The van der Waals surface area contributed by atoms with Gasteiger partial charge in [-0.05, 0) is 25.1 Å². The van der Waals surface area contributed by atoms with E-state index in [2.05, 4.69) is 20.4 Å². The highest BCUT2D eigenvalue weighted by molar-refractivity contribution is 5.93. The second-order valence-electron chi connectivity index (χ2n) is 7.97. The molecule has 0 fully saturated rings. The Hall–Kier alpha value is -4.13. The number of nitrogens with two attached hydrogens (primary N) is 1. The van der Waals surface area contributed by atoms with E-state index in [1.807, 2.05) is 4.57 Å². The summed E-state index contributed by atoms with van der Waals surface area (Å²) in [6.07, 6.45) is -3.24. The fourth-order valence-electron chi connectivity index (χ4n) is 4.22. The average Bonchev–Trinajstić information content (AvgIpc) is 3.49. The van der Waals surface area contributed by atoms with Gasteiger partial charge in [0.2, 0.25) is 5.91 Å². The standard InChI is InChI=1S/C22H20F3N7O3/c1-11-5-17(22(23,24)25)31(30-11)7-18(33)29-14-4-3-12(6-16(14)34-2)32-15-9-35-8-13(15)19-20(32)21(26)28-10-27-19/h3-6,10H,7-9H2,1-2H3,(H,29,33)(H2,26,27,28). The minimum atomic E-state index is -4.63. The molecule has 10 nitrogen and oxygen atoms in total. The van der Waals surface area contributed by atoms with Gasteiger partial charge >= 0.3 is 6.18 Å².